The van der Waals surface area contributed by atoms with Crippen molar-refractivity contribution in [2.24, 2.45) is 5.92 Å². The van der Waals surface area contributed by atoms with Crippen molar-refractivity contribution in [2.45, 2.75) is 26.4 Å². The van der Waals surface area contributed by atoms with E-state index in [1.165, 1.54) is 5.56 Å². The Morgan fingerprint density at radius 2 is 2.18 bits per heavy atom. The zero-order valence-electron chi connectivity index (χ0n) is 13.1. The van der Waals surface area contributed by atoms with Gasteiger partial charge in [0.25, 0.3) is 0 Å². The number of hydrogen-bond donors (Lipinski definition) is 0. The maximum absolute atomic E-state index is 5.47. The van der Waals surface area contributed by atoms with Crippen molar-refractivity contribution in [1.29, 1.82) is 0 Å². The number of hydrogen-bond acceptors (Lipinski definition) is 5. The van der Waals surface area contributed by atoms with Crippen LogP contribution in [-0.4, -0.2) is 51.4 Å². The van der Waals surface area contributed by atoms with Crippen LogP contribution in [0, 0.1) is 5.92 Å². The topological polar surface area (TPSA) is 56.1 Å². The van der Waals surface area contributed by atoms with E-state index in [4.69, 9.17) is 4.74 Å². The summed E-state index contributed by atoms with van der Waals surface area (Å²) in [4.78, 5) is 2.40. The minimum Gasteiger partial charge on any atom is -0.381 e. The summed E-state index contributed by atoms with van der Waals surface area (Å²) in [5.74, 6) is 1.56. The molecule has 0 spiro atoms. The third-order valence-corrected chi connectivity index (χ3v) is 4.13. The van der Waals surface area contributed by atoms with Crippen LogP contribution in [0.1, 0.15) is 24.7 Å². The first kappa shape index (κ1) is 15.1. The summed E-state index contributed by atoms with van der Waals surface area (Å²) in [6, 6.07) is 10.3. The van der Waals surface area contributed by atoms with Crippen molar-refractivity contribution >= 4 is 0 Å². The van der Waals surface area contributed by atoms with Gasteiger partial charge in [-0.2, -0.15) is 0 Å². The van der Waals surface area contributed by atoms with Crippen LogP contribution in [0.15, 0.2) is 30.3 Å². The van der Waals surface area contributed by atoms with Crippen molar-refractivity contribution in [3.63, 3.8) is 0 Å². The smallest absolute Gasteiger partial charge is 0.165 e. The maximum Gasteiger partial charge on any atom is 0.165 e. The Kier molecular flexibility index (Phi) is 5.13. The van der Waals surface area contributed by atoms with E-state index in [1.54, 1.807) is 0 Å². The van der Waals surface area contributed by atoms with Crippen LogP contribution in [0.25, 0.3) is 0 Å². The molecule has 118 valence electrons. The summed E-state index contributed by atoms with van der Waals surface area (Å²) in [5.41, 5.74) is 1.21. The molecule has 1 atom stereocenters. The van der Waals surface area contributed by atoms with Gasteiger partial charge in [-0.25, -0.2) is 4.68 Å². The normalized spacial score (nSPS) is 18.2. The van der Waals surface area contributed by atoms with Crippen molar-refractivity contribution in [2.75, 3.05) is 26.3 Å². The van der Waals surface area contributed by atoms with E-state index in [2.05, 4.69) is 39.5 Å². The highest BCUT2D eigenvalue weighted by atomic mass is 16.5. The van der Waals surface area contributed by atoms with Crippen LogP contribution < -0.4 is 0 Å². The highest BCUT2D eigenvalue weighted by Crippen LogP contribution is 2.15. The third-order valence-electron chi connectivity index (χ3n) is 4.13. The molecule has 1 aliphatic rings. The van der Waals surface area contributed by atoms with Crippen molar-refractivity contribution in [1.82, 2.24) is 25.1 Å². The minimum absolute atomic E-state index is 0.637. The first-order valence-corrected chi connectivity index (χ1v) is 7.94. The molecular formula is C16H23N5O. The minimum atomic E-state index is 0.637. The van der Waals surface area contributed by atoms with Crippen molar-refractivity contribution in [3.05, 3.63) is 41.7 Å². The lowest BCUT2D eigenvalue weighted by molar-refractivity contribution is 0.165. The molecular weight excluding hydrogens is 278 g/mol. The molecule has 2 aromatic rings. The van der Waals surface area contributed by atoms with Gasteiger partial charge in [0.2, 0.25) is 0 Å². The number of rotatable bonds is 7. The highest BCUT2D eigenvalue weighted by Gasteiger charge is 2.20. The fourth-order valence-electron chi connectivity index (χ4n) is 2.81. The Morgan fingerprint density at radius 1 is 1.32 bits per heavy atom. The SMILES string of the molecule is CCN(Cc1nnnn1Cc1ccccc1)CC1CCOC1. The largest absolute Gasteiger partial charge is 0.381 e. The molecule has 1 unspecified atom stereocenters. The molecule has 0 bridgehead atoms. The monoisotopic (exact) mass is 301 g/mol. The van der Waals surface area contributed by atoms with E-state index in [1.807, 2.05) is 22.9 Å². The molecule has 0 N–H and O–H groups in total. The number of tetrazole rings is 1. The Morgan fingerprint density at radius 3 is 2.91 bits per heavy atom. The molecule has 0 amide bonds. The third kappa shape index (κ3) is 3.90. The predicted molar refractivity (Wildman–Crippen MR) is 83.2 cm³/mol. The molecule has 0 saturated carbocycles. The quantitative estimate of drug-likeness (QED) is 0.777. The lowest BCUT2D eigenvalue weighted by Gasteiger charge is -2.22. The van der Waals surface area contributed by atoms with Crippen LogP contribution in [0.3, 0.4) is 0 Å². The van der Waals surface area contributed by atoms with Crippen molar-refractivity contribution < 1.29 is 4.74 Å². The second-order valence-electron chi connectivity index (χ2n) is 5.80. The van der Waals surface area contributed by atoms with Gasteiger partial charge in [0, 0.05) is 13.2 Å². The lowest BCUT2D eigenvalue weighted by atomic mass is 10.1. The van der Waals surface area contributed by atoms with Gasteiger partial charge in [0.1, 0.15) is 0 Å². The van der Waals surface area contributed by atoms with Gasteiger partial charge in [0.15, 0.2) is 5.82 Å². The second kappa shape index (κ2) is 7.47. The molecule has 1 aromatic carbocycles. The maximum atomic E-state index is 5.47. The van der Waals surface area contributed by atoms with Gasteiger partial charge in [-0.15, -0.1) is 5.10 Å². The number of benzene rings is 1. The molecule has 2 heterocycles. The van der Waals surface area contributed by atoms with E-state index in [0.29, 0.717) is 12.5 Å². The summed E-state index contributed by atoms with van der Waals surface area (Å²) in [5, 5.41) is 12.2. The van der Waals surface area contributed by atoms with E-state index < -0.39 is 0 Å². The second-order valence-corrected chi connectivity index (χ2v) is 5.80. The Bertz CT molecular complexity index is 565. The summed E-state index contributed by atoms with van der Waals surface area (Å²) in [6.45, 7) is 7.50. The Hall–Kier alpha value is -1.79. The highest BCUT2D eigenvalue weighted by molar-refractivity contribution is 5.14. The van der Waals surface area contributed by atoms with Gasteiger partial charge < -0.3 is 4.74 Å². The van der Waals surface area contributed by atoms with Crippen LogP contribution in [0.2, 0.25) is 0 Å². The van der Waals surface area contributed by atoms with E-state index in [-0.39, 0.29) is 0 Å². The summed E-state index contributed by atoms with van der Waals surface area (Å²) >= 11 is 0. The van der Waals surface area contributed by atoms with Gasteiger partial charge in [-0.05, 0) is 34.9 Å². The molecule has 22 heavy (non-hydrogen) atoms. The Balaban J connectivity index is 1.63. The first-order chi connectivity index (χ1) is 10.8. The standard InChI is InChI=1S/C16H23N5O/c1-2-20(10-15-8-9-22-13-15)12-16-17-18-19-21(16)11-14-6-4-3-5-7-14/h3-7,15H,2,8-13H2,1H3. The predicted octanol–water partition coefficient (Wildman–Crippen LogP) is 1.58. The average Bonchev–Trinajstić information content (AvgIpc) is 3.20. The molecule has 6 nitrogen and oxygen atoms in total. The van der Waals surface area contributed by atoms with Gasteiger partial charge in [-0.1, -0.05) is 37.3 Å². The zero-order chi connectivity index (χ0) is 15.2. The van der Waals surface area contributed by atoms with Crippen LogP contribution in [-0.2, 0) is 17.8 Å². The molecule has 1 aliphatic heterocycles. The van der Waals surface area contributed by atoms with Gasteiger partial charge in [0.05, 0.1) is 19.7 Å². The van der Waals surface area contributed by atoms with Crippen LogP contribution in [0.4, 0.5) is 0 Å². The molecule has 0 aliphatic carbocycles. The number of nitrogens with zero attached hydrogens (tertiary/aromatic N) is 5. The van der Waals surface area contributed by atoms with Crippen LogP contribution >= 0.6 is 0 Å². The molecule has 1 saturated heterocycles. The fraction of sp³-hybridized carbons (Fsp3) is 0.562. The van der Waals surface area contributed by atoms with Crippen molar-refractivity contribution in [3.8, 4) is 0 Å². The first-order valence-electron chi connectivity index (χ1n) is 7.94. The molecule has 1 aromatic heterocycles. The van der Waals surface area contributed by atoms with E-state index >= 15 is 0 Å². The summed E-state index contributed by atoms with van der Waals surface area (Å²) in [6.07, 6.45) is 1.16. The molecule has 3 rings (SSSR count). The number of ether oxygens (including phenoxy) is 1. The molecule has 1 fully saturated rings. The lowest BCUT2D eigenvalue weighted by Crippen LogP contribution is -2.30. The zero-order valence-corrected chi connectivity index (χ0v) is 13.1. The summed E-state index contributed by atoms with van der Waals surface area (Å²) < 4.78 is 7.36. The fourth-order valence-corrected chi connectivity index (χ4v) is 2.81. The van der Waals surface area contributed by atoms with Crippen LogP contribution in [0.5, 0.6) is 0 Å². The Labute approximate surface area is 131 Å². The van der Waals surface area contributed by atoms with Gasteiger partial charge >= 0.3 is 0 Å². The van der Waals surface area contributed by atoms with E-state index in [0.717, 1.165) is 45.1 Å². The van der Waals surface area contributed by atoms with Gasteiger partial charge in [-0.3, -0.25) is 4.90 Å². The van der Waals surface area contributed by atoms with E-state index in [9.17, 15) is 0 Å². The number of aromatic nitrogens is 4. The molecule has 6 heteroatoms. The molecule has 0 radical (unpaired) electrons. The summed E-state index contributed by atoms with van der Waals surface area (Å²) in [7, 11) is 0. The average molecular weight is 301 g/mol.